The molecule has 2 heteroatoms. The van der Waals surface area contributed by atoms with Crippen LogP contribution in [0.1, 0.15) is 13.8 Å². The van der Waals surface area contributed by atoms with E-state index in [2.05, 4.69) is 13.8 Å². The number of rotatable bonds is 2. The van der Waals surface area contributed by atoms with Crippen LogP contribution in [0.5, 0.6) is 0 Å². The van der Waals surface area contributed by atoms with Gasteiger partial charge in [-0.1, -0.05) is 13.8 Å². The molecule has 0 aliphatic heterocycles. The van der Waals surface area contributed by atoms with Gasteiger partial charge in [0.2, 0.25) is 0 Å². The van der Waals surface area contributed by atoms with Crippen molar-refractivity contribution in [3.8, 4) is 0 Å². The summed E-state index contributed by atoms with van der Waals surface area (Å²) in [5.41, 5.74) is 0. The van der Waals surface area contributed by atoms with Crippen LogP contribution in [0.15, 0.2) is 0 Å². The normalized spacial score (nSPS) is 10.0. The van der Waals surface area contributed by atoms with E-state index in [0.29, 0.717) is 5.92 Å². The predicted octanol–water partition coefficient (Wildman–Crippen LogP) is 2.01. The Morgan fingerprint density at radius 3 is 2.17 bits per heavy atom. The van der Waals surface area contributed by atoms with Crippen molar-refractivity contribution in [1.29, 1.82) is 0 Å². The fraction of sp³-hybridized carbons (Fsp3) is 1.00. The zero-order valence-corrected chi connectivity index (χ0v) is 6.23. The van der Waals surface area contributed by atoms with E-state index >= 15 is 0 Å². The molecule has 0 aliphatic carbocycles. The molecule has 0 bridgehead atoms. The van der Waals surface area contributed by atoms with E-state index in [-0.39, 0.29) is 0 Å². The van der Waals surface area contributed by atoms with Crippen molar-refractivity contribution >= 4 is 23.0 Å². The van der Waals surface area contributed by atoms with Crippen LogP contribution in [0.4, 0.5) is 0 Å². The van der Waals surface area contributed by atoms with Gasteiger partial charge < -0.3 is 3.07 Å². The van der Waals surface area contributed by atoms with Gasteiger partial charge in [-0.25, -0.2) is 0 Å². The van der Waals surface area contributed by atoms with Crippen molar-refractivity contribution < 1.29 is 3.07 Å². The predicted molar refractivity (Wildman–Crippen MR) is 34.8 cm³/mol. The lowest BCUT2D eigenvalue weighted by Gasteiger charge is -1.95. The minimum absolute atomic E-state index is 0.668. The van der Waals surface area contributed by atoms with Crippen molar-refractivity contribution in [2.45, 2.75) is 13.8 Å². The lowest BCUT2D eigenvalue weighted by Crippen LogP contribution is -1.92. The fourth-order valence-corrected chi connectivity index (χ4v) is 0.845. The lowest BCUT2D eigenvalue weighted by molar-refractivity contribution is 0.356. The van der Waals surface area contributed by atoms with E-state index in [0.717, 1.165) is 6.61 Å². The Morgan fingerprint density at radius 1 is 1.67 bits per heavy atom. The molecular formula is C4H9IO. The van der Waals surface area contributed by atoms with Crippen molar-refractivity contribution in [2.75, 3.05) is 6.61 Å². The van der Waals surface area contributed by atoms with Gasteiger partial charge in [-0.2, -0.15) is 0 Å². The third kappa shape index (κ3) is 4.69. The van der Waals surface area contributed by atoms with Crippen LogP contribution in [0.3, 0.4) is 0 Å². The second-order valence-corrected chi connectivity index (χ2v) is 2.29. The summed E-state index contributed by atoms with van der Waals surface area (Å²) < 4.78 is 4.77. The van der Waals surface area contributed by atoms with Crippen LogP contribution in [-0.2, 0) is 3.07 Å². The zero-order chi connectivity index (χ0) is 4.99. The Labute approximate surface area is 52.8 Å². The van der Waals surface area contributed by atoms with Gasteiger partial charge in [0.05, 0.1) is 6.61 Å². The SMILES string of the molecule is CC(C)COI. The molecule has 6 heavy (non-hydrogen) atoms. The molecule has 0 fully saturated rings. The molecule has 38 valence electrons. The van der Waals surface area contributed by atoms with Gasteiger partial charge >= 0.3 is 0 Å². The maximum atomic E-state index is 4.77. The molecular weight excluding hydrogens is 191 g/mol. The fourth-order valence-electron chi connectivity index (χ4n) is 0.126. The summed E-state index contributed by atoms with van der Waals surface area (Å²) in [4.78, 5) is 0. The monoisotopic (exact) mass is 200 g/mol. The molecule has 0 radical (unpaired) electrons. The minimum Gasteiger partial charge on any atom is -0.316 e. The summed E-state index contributed by atoms with van der Waals surface area (Å²) >= 11 is 1.90. The summed E-state index contributed by atoms with van der Waals surface area (Å²) in [7, 11) is 0. The highest BCUT2D eigenvalue weighted by molar-refractivity contribution is 14.1. The molecule has 0 heterocycles. The molecule has 0 rings (SSSR count). The van der Waals surface area contributed by atoms with Crippen molar-refractivity contribution in [3.05, 3.63) is 0 Å². The van der Waals surface area contributed by atoms with E-state index in [4.69, 9.17) is 3.07 Å². The van der Waals surface area contributed by atoms with E-state index < -0.39 is 0 Å². The molecule has 0 spiro atoms. The Hall–Kier alpha value is 0.690. The summed E-state index contributed by atoms with van der Waals surface area (Å²) in [6, 6.07) is 0. The molecule has 0 unspecified atom stereocenters. The van der Waals surface area contributed by atoms with Gasteiger partial charge in [0, 0.05) is 0 Å². The highest BCUT2D eigenvalue weighted by Gasteiger charge is 1.87. The van der Waals surface area contributed by atoms with Crippen molar-refractivity contribution in [3.63, 3.8) is 0 Å². The van der Waals surface area contributed by atoms with Crippen molar-refractivity contribution in [2.24, 2.45) is 5.92 Å². The third-order valence-corrected chi connectivity index (χ3v) is 0.756. The quantitative estimate of drug-likeness (QED) is 0.619. The Bertz CT molecular complexity index is 28.7. The molecule has 1 nitrogen and oxygen atoms in total. The van der Waals surface area contributed by atoms with Gasteiger partial charge in [-0.3, -0.25) is 0 Å². The topological polar surface area (TPSA) is 9.23 Å². The van der Waals surface area contributed by atoms with E-state index in [1.54, 1.807) is 0 Å². The molecule has 0 N–H and O–H groups in total. The van der Waals surface area contributed by atoms with E-state index in [1.807, 2.05) is 23.0 Å². The van der Waals surface area contributed by atoms with Crippen LogP contribution in [-0.4, -0.2) is 6.61 Å². The Kier molecular flexibility index (Phi) is 4.31. The first-order valence-electron chi connectivity index (χ1n) is 2.01. The zero-order valence-electron chi connectivity index (χ0n) is 4.07. The molecule has 0 atom stereocenters. The standard InChI is InChI=1S/C4H9IO/c1-4(2)3-6-5/h4H,3H2,1-2H3. The van der Waals surface area contributed by atoms with Gasteiger partial charge in [-0.15, -0.1) is 0 Å². The van der Waals surface area contributed by atoms with Gasteiger partial charge in [0.1, 0.15) is 23.0 Å². The summed E-state index contributed by atoms with van der Waals surface area (Å²) in [5.74, 6) is 0.668. The van der Waals surface area contributed by atoms with Crippen LogP contribution < -0.4 is 0 Å². The Morgan fingerprint density at radius 2 is 2.17 bits per heavy atom. The van der Waals surface area contributed by atoms with Crippen LogP contribution >= 0.6 is 23.0 Å². The van der Waals surface area contributed by atoms with Gasteiger partial charge in [-0.05, 0) is 5.92 Å². The van der Waals surface area contributed by atoms with Crippen LogP contribution in [0, 0.1) is 5.92 Å². The maximum absolute atomic E-state index is 4.77. The van der Waals surface area contributed by atoms with Crippen molar-refractivity contribution in [1.82, 2.24) is 0 Å². The van der Waals surface area contributed by atoms with Crippen LogP contribution in [0.25, 0.3) is 0 Å². The van der Waals surface area contributed by atoms with Gasteiger partial charge in [0.25, 0.3) is 0 Å². The molecule has 0 aliphatic rings. The highest BCUT2D eigenvalue weighted by Crippen LogP contribution is 1.94. The first kappa shape index (κ1) is 6.69. The highest BCUT2D eigenvalue weighted by atomic mass is 127. The first-order valence-corrected chi connectivity index (χ1v) is 2.89. The largest absolute Gasteiger partial charge is 0.316 e. The summed E-state index contributed by atoms with van der Waals surface area (Å²) in [6.07, 6.45) is 0. The average molecular weight is 200 g/mol. The molecule has 0 aromatic carbocycles. The Balaban J connectivity index is 2.63. The molecule has 0 saturated carbocycles. The second kappa shape index (κ2) is 3.87. The molecule has 0 amide bonds. The molecule has 0 aromatic heterocycles. The number of hydrogen-bond acceptors (Lipinski definition) is 1. The van der Waals surface area contributed by atoms with E-state index in [1.165, 1.54) is 0 Å². The van der Waals surface area contributed by atoms with E-state index in [9.17, 15) is 0 Å². The average Bonchev–Trinajstić information content (AvgIpc) is 1.35. The minimum atomic E-state index is 0.668. The maximum Gasteiger partial charge on any atom is 0.109 e. The lowest BCUT2D eigenvalue weighted by atomic mass is 10.2. The van der Waals surface area contributed by atoms with Crippen LogP contribution in [0.2, 0.25) is 0 Å². The molecule has 0 saturated heterocycles. The number of hydrogen-bond donors (Lipinski definition) is 0. The third-order valence-electron chi connectivity index (χ3n) is 0.396. The molecule has 0 aromatic rings. The number of halogens is 1. The second-order valence-electron chi connectivity index (χ2n) is 1.67. The first-order chi connectivity index (χ1) is 2.77. The summed E-state index contributed by atoms with van der Waals surface area (Å²) in [6.45, 7) is 5.11. The summed E-state index contributed by atoms with van der Waals surface area (Å²) in [5, 5.41) is 0. The smallest absolute Gasteiger partial charge is 0.109 e. The van der Waals surface area contributed by atoms with Gasteiger partial charge in [0.15, 0.2) is 0 Å².